The lowest BCUT2D eigenvalue weighted by Gasteiger charge is -2.50. The van der Waals surface area contributed by atoms with Crippen molar-refractivity contribution in [2.24, 2.45) is 14.1 Å². The van der Waals surface area contributed by atoms with Crippen molar-refractivity contribution in [3.05, 3.63) is 72.1 Å². The molecule has 4 heterocycles. The number of sulfonamides is 1. The molecule has 1 spiro atoms. The molecule has 2 N–H and O–H groups in total. The number of fused-ring (bicyclic) bond motifs is 4. The maximum Gasteiger partial charge on any atom is 0.322 e. The summed E-state index contributed by atoms with van der Waals surface area (Å²) >= 11 is 0. The number of hydrogen-bond donors (Lipinski definition) is 2. The molecule has 6 rings (SSSR count). The first kappa shape index (κ1) is 28.2. The number of imidazole rings is 1. The van der Waals surface area contributed by atoms with Crippen LogP contribution >= 0.6 is 0 Å². The molecule has 0 saturated carbocycles. The standard InChI is InChI=1S/C29H33FN6O5S/c1-33-15-25(31-18-33)42(39,40)35-12-10-29(11-13-35)17-36(28(38)32-20-6-4-19(30)5-7-20)24(16-37)27-26(29)22-9-8-21(41-3)14-23(22)34(27)2/h4-9,14-15,18,24,37H,10-13,16-17H2,1-3H3,(H,32,38)/t24-/m0/s1. The van der Waals surface area contributed by atoms with E-state index in [2.05, 4.69) is 10.3 Å². The molecule has 2 amide bonds. The Kier molecular flexibility index (Phi) is 6.98. The number of nitrogens with zero attached hydrogens (tertiary/aromatic N) is 5. The number of hydrogen-bond acceptors (Lipinski definition) is 6. The van der Waals surface area contributed by atoms with Crippen LogP contribution in [0.5, 0.6) is 5.75 Å². The number of rotatable bonds is 5. The Morgan fingerprint density at radius 1 is 1.17 bits per heavy atom. The summed E-state index contributed by atoms with van der Waals surface area (Å²) < 4.78 is 50.8. The minimum atomic E-state index is -3.79. The normalized spacial score (nSPS) is 18.8. The van der Waals surface area contributed by atoms with E-state index in [1.54, 1.807) is 23.6 Å². The predicted molar refractivity (Wildman–Crippen MR) is 154 cm³/mol. The van der Waals surface area contributed by atoms with Crippen LogP contribution in [-0.4, -0.2) is 76.2 Å². The van der Waals surface area contributed by atoms with Crippen molar-refractivity contribution < 1.29 is 27.4 Å². The van der Waals surface area contributed by atoms with E-state index in [1.807, 2.05) is 29.8 Å². The summed E-state index contributed by atoms with van der Waals surface area (Å²) in [6.45, 7) is 0.423. The quantitative estimate of drug-likeness (QED) is 0.365. The number of aromatic nitrogens is 3. The summed E-state index contributed by atoms with van der Waals surface area (Å²) in [4.78, 5) is 19.4. The lowest BCUT2D eigenvalue weighted by atomic mass is 9.68. The third kappa shape index (κ3) is 4.52. The summed E-state index contributed by atoms with van der Waals surface area (Å²) in [7, 11) is 1.43. The van der Waals surface area contributed by atoms with Gasteiger partial charge in [-0.05, 0) is 54.8 Å². The van der Waals surface area contributed by atoms with Crippen molar-refractivity contribution in [3.63, 3.8) is 0 Å². The number of urea groups is 1. The Bertz CT molecular complexity index is 1760. The maximum atomic E-state index is 13.8. The molecule has 0 radical (unpaired) electrons. The Labute approximate surface area is 243 Å². The van der Waals surface area contributed by atoms with Gasteiger partial charge < -0.3 is 29.2 Å². The molecule has 1 fully saturated rings. The fourth-order valence-electron chi connectivity index (χ4n) is 6.52. The van der Waals surface area contributed by atoms with Crippen LogP contribution in [0.2, 0.25) is 0 Å². The molecular formula is C29H33FN6O5S. The van der Waals surface area contributed by atoms with E-state index in [4.69, 9.17) is 4.74 Å². The van der Waals surface area contributed by atoms with Gasteiger partial charge in [0.05, 0.1) is 31.6 Å². The number of amides is 2. The second-order valence-corrected chi connectivity index (χ2v) is 12.9. The molecule has 0 bridgehead atoms. The Morgan fingerprint density at radius 3 is 2.50 bits per heavy atom. The first-order valence-electron chi connectivity index (χ1n) is 13.7. The summed E-state index contributed by atoms with van der Waals surface area (Å²) in [5.74, 6) is 0.262. The average molecular weight is 597 g/mol. The van der Waals surface area contributed by atoms with Gasteiger partial charge in [-0.1, -0.05) is 0 Å². The Balaban J connectivity index is 1.42. The smallest absolute Gasteiger partial charge is 0.322 e. The molecule has 4 aromatic rings. The molecule has 0 unspecified atom stereocenters. The van der Waals surface area contributed by atoms with Crippen LogP contribution in [0.15, 0.2) is 60.0 Å². The summed E-state index contributed by atoms with van der Waals surface area (Å²) in [6, 6.07) is 10.2. The van der Waals surface area contributed by atoms with Crippen molar-refractivity contribution in [2.75, 3.05) is 38.7 Å². The number of carbonyl (C=O) groups is 1. The molecular weight excluding hydrogens is 563 g/mol. The van der Waals surface area contributed by atoms with E-state index < -0.39 is 33.3 Å². The molecule has 222 valence electrons. The highest BCUT2D eigenvalue weighted by atomic mass is 32.2. The number of nitrogens with one attached hydrogen (secondary N) is 1. The van der Waals surface area contributed by atoms with Gasteiger partial charge in [0.2, 0.25) is 0 Å². The van der Waals surface area contributed by atoms with Crippen LogP contribution in [0.1, 0.15) is 30.1 Å². The van der Waals surface area contributed by atoms with Gasteiger partial charge in [-0.25, -0.2) is 22.6 Å². The molecule has 42 heavy (non-hydrogen) atoms. The number of piperidine rings is 1. The molecule has 2 aromatic heterocycles. The zero-order valence-corrected chi connectivity index (χ0v) is 24.4. The van der Waals surface area contributed by atoms with Crippen LogP contribution in [-0.2, 0) is 29.5 Å². The van der Waals surface area contributed by atoms with Gasteiger partial charge in [0.15, 0.2) is 5.03 Å². The van der Waals surface area contributed by atoms with Crippen LogP contribution in [0, 0.1) is 5.82 Å². The number of ether oxygens (including phenoxy) is 1. The van der Waals surface area contributed by atoms with Gasteiger partial charge in [0, 0.05) is 68.2 Å². The molecule has 13 heteroatoms. The number of aliphatic hydroxyl groups excluding tert-OH is 1. The van der Waals surface area contributed by atoms with Gasteiger partial charge >= 0.3 is 6.03 Å². The summed E-state index contributed by atoms with van der Waals surface area (Å²) in [6.07, 6.45) is 3.86. The fraction of sp³-hybridized carbons (Fsp3) is 0.379. The van der Waals surface area contributed by atoms with Crippen molar-refractivity contribution in [3.8, 4) is 5.75 Å². The van der Waals surface area contributed by atoms with E-state index in [1.165, 1.54) is 41.1 Å². The van der Waals surface area contributed by atoms with Crippen molar-refractivity contribution in [1.82, 2.24) is 23.3 Å². The molecule has 1 saturated heterocycles. The van der Waals surface area contributed by atoms with Crippen LogP contribution in [0.25, 0.3) is 10.9 Å². The fourth-order valence-corrected chi connectivity index (χ4v) is 7.92. The van der Waals surface area contributed by atoms with E-state index in [0.717, 1.165) is 22.2 Å². The molecule has 11 nitrogen and oxygen atoms in total. The highest BCUT2D eigenvalue weighted by molar-refractivity contribution is 7.89. The number of benzene rings is 2. The zero-order chi connectivity index (χ0) is 29.8. The lowest BCUT2D eigenvalue weighted by Crippen LogP contribution is -2.56. The van der Waals surface area contributed by atoms with E-state index in [-0.39, 0.29) is 31.3 Å². The third-order valence-corrected chi connectivity index (χ3v) is 10.4. The topological polar surface area (TPSA) is 122 Å². The van der Waals surface area contributed by atoms with E-state index >= 15 is 0 Å². The second-order valence-electron chi connectivity index (χ2n) is 11.0. The number of anilines is 1. The average Bonchev–Trinajstić information content (AvgIpc) is 3.56. The molecule has 0 aliphatic carbocycles. The highest BCUT2D eigenvalue weighted by Crippen LogP contribution is 2.50. The molecule has 2 aliphatic heterocycles. The van der Waals surface area contributed by atoms with Crippen LogP contribution in [0.4, 0.5) is 14.9 Å². The largest absolute Gasteiger partial charge is 0.497 e. The predicted octanol–water partition coefficient (Wildman–Crippen LogP) is 3.36. The first-order chi connectivity index (χ1) is 20.1. The summed E-state index contributed by atoms with van der Waals surface area (Å²) in [5.41, 5.74) is 2.54. The highest BCUT2D eigenvalue weighted by Gasteiger charge is 2.50. The number of carbonyl (C=O) groups excluding carboxylic acids is 1. The minimum absolute atomic E-state index is 0.00295. The summed E-state index contributed by atoms with van der Waals surface area (Å²) in [5, 5.41) is 14.5. The number of methoxy groups -OCH3 is 1. The minimum Gasteiger partial charge on any atom is -0.497 e. The third-order valence-electron chi connectivity index (χ3n) is 8.64. The van der Waals surface area contributed by atoms with Crippen LogP contribution in [0.3, 0.4) is 0 Å². The monoisotopic (exact) mass is 596 g/mol. The van der Waals surface area contributed by atoms with Crippen LogP contribution < -0.4 is 10.1 Å². The maximum absolute atomic E-state index is 13.8. The van der Waals surface area contributed by atoms with Gasteiger partial charge in [-0.2, -0.15) is 4.31 Å². The van der Waals surface area contributed by atoms with Crippen molar-refractivity contribution in [2.45, 2.75) is 29.3 Å². The zero-order valence-electron chi connectivity index (χ0n) is 23.6. The van der Waals surface area contributed by atoms with Gasteiger partial charge in [0.1, 0.15) is 11.6 Å². The second kappa shape index (κ2) is 10.4. The lowest BCUT2D eigenvalue weighted by molar-refractivity contribution is 0.0841. The number of halogens is 1. The number of aliphatic hydroxyl groups is 1. The number of aryl methyl sites for hydroxylation is 2. The molecule has 2 aliphatic rings. The van der Waals surface area contributed by atoms with E-state index in [0.29, 0.717) is 24.3 Å². The Hall–Kier alpha value is -3.94. The molecule has 2 aromatic carbocycles. The SMILES string of the molecule is COc1ccc2c3c(n(C)c2c1)[C@H](CO)N(C(=O)Nc1ccc(F)cc1)CC31CCN(S(=O)(=O)c2cn(C)cn2)CC1. The van der Waals surface area contributed by atoms with Crippen molar-refractivity contribution >= 4 is 32.6 Å². The van der Waals surface area contributed by atoms with Crippen molar-refractivity contribution in [1.29, 1.82) is 0 Å². The Morgan fingerprint density at radius 2 is 1.88 bits per heavy atom. The van der Waals surface area contributed by atoms with Gasteiger partial charge in [0.25, 0.3) is 10.0 Å². The van der Waals surface area contributed by atoms with E-state index in [9.17, 15) is 22.7 Å². The van der Waals surface area contributed by atoms with Gasteiger partial charge in [-0.3, -0.25) is 0 Å². The molecule has 1 atom stereocenters. The first-order valence-corrected chi connectivity index (χ1v) is 15.1. The van der Waals surface area contributed by atoms with Gasteiger partial charge in [-0.15, -0.1) is 0 Å².